The van der Waals surface area contributed by atoms with Crippen molar-refractivity contribution >= 4 is 34.9 Å². The van der Waals surface area contributed by atoms with E-state index in [2.05, 4.69) is 4.57 Å². The Morgan fingerprint density at radius 3 is 2.45 bits per heavy atom. The van der Waals surface area contributed by atoms with E-state index in [9.17, 15) is 14.4 Å². The van der Waals surface area contributed by atoms with Crippen LogP contribution in [0.2, 0.25) is 0 Å². The molecule has 4 rings (SSSR count). The summed E-state index contributed by atoms with van der Waals surface area (Å²) in [6.07, 6.45) is 4.81. The largest absolute Gasteiger partial charge is 0.494 e. The van der Waals surface area contributed by atoms with Crippen molar-refractivity contribution in [3.63, 3.8) is 0 Å². The van der Waals surface area contributed by atoms with Gasteiger partial charge in [0.25, 0.3) is 11.1 Å². The highest BCUT2D eigenvalue weighted by Crippen LogP contribution is 2.34. The van der Waals surface area contributed by atoms with Crippen LogP contribution in [-0.2, 0) is 9.59 Å². The van der Waals surface area contributed by atoms with E-state index in [-0.39, 0.29) is 12.5 Å². The van der Waals surface area contributed by atoms with Crippen LogP contribution in [0.25, 0.3) is 11.8 Å². The second-order valence-electron chi connectivity index (χ2n) is 8.30. The number of benzene rings is 1. The molecule has 0 bridgehead atoms. The summed E-state index contributed by atoms with van der Waals surface area (Å²) in [6.45, 7) is 7.76. The molecule has 2 aromatic rings. The number of nitrogens with zero attached hydrogens (tertiary/aromatic N) is 3. The maximum atomic E-state index is 12.9. The number of imide groups is 1. The molecule has 1 aromatic carbocycles. The fourth-order valence-corrected chi connectivity index (χ4v) is 5.17. The minimum Gasteiger partial charge on any atom is -0.494 e. The molecule has 174 valence electrons. The van der Waals surface area contributed by atoms with E-state index in [4.69, 9.17) is 4.74 Å². The Morgan fingerprint density at radius 2 is 1.79 bits per heavy atom. The molecule has 2 aliphatic heterocycles. The second-order valence-corrected chi connectivity index (χ2v) is 9.29. The average Bonchev–Trinajstić information content (AvgIpc) is 3.24. The maximum absolute atomic E-state index is 12.9. The number of hydrogen-bond acceptors (Lipinski definition) is 5. The van der Waals surface area contributed by atoms with Gasteiger partial charge in [0.2, 0.25) is 5.91 Å². The molecular formula is C25H29N3O4S. The summed E-state index contributed by atoms with van der Waals surface area (Å²) < 4.78 is 7.63. The van der Waals surface area contributed by atoms with Crippen LogP contribution in [0.4, 0.5) is 4.79 Å². The van der Waals surface area contributed by atoms with Gasteiger partial charge in [0.1, 0.15) is 12.3 Å². The molecule has 0 N–H and O–H groups in total. The van der Waals surface area contributed by atoms with Gasteiger partial charge in [0.15, 0.2) is 0 Å². The number of thioether (sulfide) groups is 1. The molecule has 33 heavy (non-hydrogen) atoms. The Bertz CT molecular complexity index is 1100. The van der Waals surface area contributed by atoms with Gasteiger partial charge in [-0.05, 0) is 93.8 Å². The van der Waals surface area contributed by atoms with Crippen molar-refractivity contribution in [3.05, 3.63) is 52.2 Å². The van der Waals surface area contributed by atoms with Crippen LogP contribution in [-0.4, -0.2) is 57.7 Å². The monoisotopic (exact) mass is 467 g/mol. The SMILES string of the molecule is CCOc1ccc(-n2c(C)cc(/C=C3\SC(=O)N(CC(=O)N4CCCCC4)C3=O)c2C)cc1. The van der Waals surface area contributed by atoms with E-state index < -0.39 is 11.1 Å². The molecule has 2 fully saturated rings. The molecular weight excluding hydrogens is 438 g/mol. The summed E-state index contributed by atoms with van der Waals surface area (Å²) in [4.78, 5) is 41.2. The van der Waals surface area contributed by atoms with Gasteiger partial charge in [-0.3, -0.25) is 19.3 Å². The fraction of sp³-hybridized carbons (Fsp3) is 0.400. The van der Waals surface area contributed by atoms with Crippen LogP contribution in [0, 0.1) is 13.8 Å². The van der Waals surface area contributed by atoms with Crippen molar-refractivity contribution in [2.24, 2.45) is 0 Å². The molecule has 3 amide bonds. The normalized spacial score (nSPS) is 17.8. The summed E-state index contributed by atoms with van der Waals surface area (Å²) in [5, 5.41) is -0.392. The number of amides is 3. The topological polar surface area (TPSA) is 71.8 Å². The predicted octanol–water partition coefficient (Wildman–Crippen LogP) is 4.54. The Morgan fingerprint density at radius 1 is 1.09 bits per heavy atom. The first kappa shape index (κ1) is 23.2. The van der Waals surface area contributed by atoms with Crippen molar-refractivity contribution in [2.75, 3.05) is 26.2 Å². The smallest absolute Gasteiger partial charge is 0.294 e. The molecule has 8 heteroatoms. The van der Waals surface area contributed by atoms with Crippen LogP contribution in [0.5, 0.6) is 5.75 Å². The molecule has 0 radical (unpaired) electrons. The molecule has 3 heterocycles. The van der Waals surface area contributed by atoms with Gasteiger partial charge < -0.3 is 14.2 Å². The van der Waals surface area contributed by atoms with Gasteiger partial charge >= 0.3 is 0 Å². The Labute approximate surface area is 198 Å². The highest BCUT2D eigenvalue weighted by Gasteiger charge is 2.37. The van der Waals surface area contributed by atoms with E-state index in [1.54, 1.807) is 11.0 Å². The van der Waals surface area contributed by atoms with E-state index >= 15 is 0 Å². The van der Waals surface area contributed by atoms with Gasteiger partial charge in [-0.15, -0.1) is 0 Å². The van der Waals surface area contributed by atoms with Crippen molar-refractivity contribution < 1.29 is 19.1 Å². The van der Waals surface area contributed by atoms with Crippen LogP contribution in [0.3, 0.4) is 0 Å². The summed E-state index contributed by atoms with van der Waals surface area (Å²) in [6, 6.07) is 9.85. The zero-order chi connectivity index (χ0) is 23.5. The Kier molecular flexibility index (Phi) is 6.93. The third kappa shape index (κ3) is 4.85. The molecule has 0 spiro atoms. The fourth-order valence-electron chi connectivity index (χ4n) is 4.35. The van der Waals surface area contributed by atoms with Gasteiger partial charge in [-0.2, -0.15) is 0 Å². The van der Waals surface area contributed by atoms with Crippen LogP contribution in [0.1, 0.15) is 43.1 Å². The number of aryl methyl sites for hydroxylation is 1. The zero-order valence-electron chi connectivity index (χ0n) is 19.3. The number of rotatable bonds is 6. The number of carbonyl (C=O) groups is 3. The number of likely N-dealkylation sites (tertiary alicyclic amines) is 1. The Balaban J connectivity index is 1.53. The lowest BCUT2D eigenvalue weighted by Gasteiger charge is -2.27. The molecule has 0 saturated carbocycles. The van der Waals surface area contributed by atoms with Gasteiger partial charge in [0.05, 0.1) is 11.5 Å². The third-order valence-corrected chi connectivity index (χ3v) is 6.95. The summed E-state index contributed by atoms with van der Waals surface area (Å²) in [5.41, 5.74) is 3.85. The first-order valence-electron chi connectivity index (χ1n) is 11.3. The summed E-state index contributed by atoms with van der Waals surface area (Å²) in [5.74, 6) is 0.255. The second kappa shape index (κ2) is 9.87. The number of hydrogen-bond donors (Lipinski definition) is 0. The molecule has 0 aliphatic carbocycles. The van der Waals surface area contributed by atoms with E-state index in [1.807, 2.05) is 51.1 Å². The van der Waals surface area contributed by atoms with Crippen LogP contribution in [0.15, 0.2) is 35.2 Å². The van der Waals surface area contributed by atoms with Crippen molar-refractivity contribution in [2.45, 2.75) is 40.0 Å². The molecule has 1 aromatic heterocycles. The lowest BCUT2D eigenvalue weighted by Crippen LogP contribution is -2.44. The quantitative estimate of drug-likeness (QED) is 0.583. The summed E-state index contributed by atoms with van der Waals surface area (Å²) >= 11 is 0.894. The van der Waals surface area contributed by atoms with E-state index in [1.165, 1.54) is 0 Å². The number of ether oxygens (including phenoxy) is 1. The van der Waals surface area contributed by atoms with Crippen molar-refractivity contribution in [1.82, 2.24) is 14.4 Å². The summed E-state index contributed by atoms with van der Waals surface area (Å²) in [7, 11) is 0. The van der Waals surface area contributed by atoms with Crippen LogP contribution >= 0.6 is 11.8 Å². The molecule has 2 aliphatic rings. The lowest BCUT2D eigenvalue weighted by molar-refractivity contribution is -0.136. The zero-order valence-corrected chi connectivity index (χ0v) is 20.1. The number of piperidine rings is 1. The number of aromatic nitrogens is 1. The average molecular weight is 468 g/mol. The molecule has 0 unspecified atom stereocenters. The minimum atomic E-state index is -0.402. The Hall–Kier alpha value is -3.00. The van der Waals surface area contributed by atoms with Gasteiger partial charge in [-0.25, -0.2) is 0 Å². The third-order valence-electron chi connectivity index (χ3n) is 6.04. The van der Waals surface area contributed by atoms with Gasteiger partial charge in [-0.1, -0.05) is 0 Å². The number of carbonyl (C=O) groups excluding carboxylic acids is 3. The van der Waals surface area contributed by atoms with E-state index in [0.717, 1.165) is 64.3 Å². The highest BCUT2D eigenvalue weighted by atomic mass is 32.2. The highest BCUT2D eigenvalue weighted by molar-refractivity contribution is 8.18. The first-order chi connectivity index (χ1) is 15.9. The molecule has 0 atom stereocenters. The van der Waals surface area contributed by atoms with Crippen molar-refractivity contribution in [1.29, 1.82) is 0 Å². The predicted molar refractivity (Wildman–Crippen MR) is 130 cm³/mol. The standard InChI is InChI=1S/C25H29N3O4S/c1-4-32-21-10-8-20(9-11-21)28-17(2)14-19(18(28)3)15-22-24(30)27(25(31)33-22)16-23(29)26-12-6-5-7-13-26/h8-11,14-15H,4-7,12-13,16H2,1-3H3/b22-15-. The molecule has 2 saturated heterocycles. The van der Waals surface area contributed by atoms with Crippen LogP contribution < -0.4 is 4.74 Å². The van der Waals surface area contributed by atoms with Gasteiger partial charge in [0, 0.05) is 30.2 Å². The van der Waals surface area contributed by atoms with E-state index in [0.29, 0.717) is 24.6 Å². The van der Waals surface area contributed by atoms with Crippen molar-refractivity contribution in [3.8, 4) is 11.4 Å². The molecule has 7 nitrogen and oxygen atoms in total. The maximum Gasteiger partial charge on any atom is 0.294 e. The lowest BCUT2D eigenvalue weighted by atomic mass is 10.1. The minimum absolute atomic E-state index is 0.160. The first-order valence-corrected chi connectivity index (χ1v) is 12.2.